The Morgan fingerprint density at radius 2 is 1.93 bits per heavy atom. The molecule has 1 aliphatic heterocycles. The SMILES string of the molecule is CNC(C(=O)NC(C)C(=O)Nc1cccc(N2CCCC2)c1)c1cnn(C)c1. The predicted octanol–water partition coefficient (Wildman–Crippen LogP) is 1.42. The zero-order valence-corrected chi connectivity index (χ0v) is 16.6. The molecule has 3 N–H and O–H groups in total. The van der Waals surface area contributed by atoms with Gasteiger partial charge in [-0.3, -0.25) is 14.3 Å². The first-order valence-electron chi connectivity index (χ1n) is 9.60. The lowest BCUT2D eigenvalue weighted by molar-refractivity contribution is -0.127. The van der Waals surface area contributed by atoms with Crippen molar-refractivity contribution in [2.75, 3.05) is 30.4 Å². The smallest absolute Gasteiger partial charge is 0.246 e. The van der Waals surface area contributed by atoms with Crippen molar-refractivity contribution >= 4 is 23.2 Å². The third kappa shape index (κ3) is 4.69. The van der Waals surface area contributed by atoms with Crippen LogP contribution in [0.5, 0.6) is 0 Å². The van der Waals surface area contributed by atoms with Gasteiger partial charge in [0.05, 0.1) is 6.20 Å². The van der Waals surface area contributed by atoms with Crippen LogP contribution >= 0.6 is 0 Å². The quantitative estimate of drug-likeness (QED) is 0.672. The molecule has 0 radical (unpaired) electrons. The summed E-state index contributed by atoms with van der Waals surface area (Å²) in [4.78, 5) is 27.4. The number of aryl methyl sites for hydroxylation is 1. The molecule has 1 aromatic carbocycles. The Hall–Kier alpha value is -2.87. The lowest BCUT2D eigenvalue weighted by Crippen LogP contribution is -2.45. The second-order valence-corrected chi connectivity index (χ2v) is 7.13. The maximum absolute atomic E-state index is 12.6. The summed E-state index contributed by atoms with van der Waals surface area (Å²) in [6.45, 7) is 3.76. The van der Waals surface area contributed by atoms with E-state index in [1.54, 1.807) is 38.1 Å². The highest BCUT2D eigenvalue weighted by Gasteiger charge is 2.24. The molecule has 2 aromatic rings. The molecule has 1 aliphatic rings. The number of amides is 2. The second-order valence-electron chi connectivity index (χ2n) is 7.13. The molecule has 1 aromatic heterocycles. The fourth-order valence-corrected chi connectivity index (χ4v) is 3.41. The van der Waals surface area contributed by atoms with E-state index in [0.29, 0.717) is 0 Å². The Labute approximate surface area is 165 Å². The van der Waals surface area contributed by atoms with E-state index in [-0.39, 0.29) is 11.8 Å². The minimum atomic E-state index is -0.671. The number of hydrogen-bond donors (Lipinski definition) is 3. The minimum absolute atomic E-state index is 0.257. The van der Waals surface area contributed by atoms with Crippen molar-refractivity contribution in [3.63, 3.8) is 0 Å². The summed E-state index contributed by atoms with van der Waals surface area (Å²) in [7, 11) is 3.49. The number of carbonyl (C=O) groups is 2. The Morgan fingerprint density at radius 3 is 2.57 bits per heavy atom. The third-order valence-electron chi connectivity index (χ3n) is 4.95. The number of benzene rings is 1. The molecular weight excluding hydrogens is 356 g/mol. The molecule has 8 heteroatoms. The van der Waals surface area contributed by atoms with Crippen LogP contribution in [0, 0.1) is 0 Å². The maximum atomic E-state index is 12.6. The van der Waals surface area contributed by atoms with E-state index >= 15 is 0 Å². The maximum Gasteiger partial charge on any atom is 0.246 e. The average molecular weight is 384 g/mol. The zero-order chi connectivity index (χ0) is 20.1. The van der Waals surface area contributed by atoms with Crippen LogP contribution in [0.4, 0.5) is 11.4 Å². The van der Waals surface area contributed by atoms with Gasteiger partial charge in [-0.2, -0.15) is 5.10 Å². The fraction of sp³-hybridized carbons (Fsp3) is 0.450. The van der Waals surface area contributed by atoms with E-state index in [0.717, 1.165) is 30.0 Å². The van der Waals surface area contributed by atoms with Gasteiger partial charge >= 0.3 is 0 Å². The highest BCUT2D eigenvalue weighted by Crippen LogP contribution is 2.23. The summed E-state index contributed by atoms with van der Waals surface area (Å²) in [5.41, 5.74) is 2.58. The average Bonchev–Trinajstić information content (AvgIpc) is 3.34. The van der Waals surface area contributed by atoms with E-state index in [4.69, 9.17) is 0 Å². The third-order valence-corrected chi connectivity index (χ3v) is 4.95. The highest BCUT2D eigenvalue weighted by atomic mass is 16.2. The first kappa shape index (κ1) is 19.9. The number of aromatic nitrogens is 2. The van der Waals surface area contributed by atoms with E-state index in [1.807, 2.05) is 18.2 Å². The Bertz CT molecular complexity index is 828. The van der Waals surface area contributed by atoms with Gasteiger partial charge in [-0.25, -0.2) is 0 Å². The molecule has 2 heterocycles. The monoisotopic (exact) mass is 384 g/mol. The second kappa shape index (κ2) is 8.88. The number of rotatable bonds is 7. The molecule has 0 saturated carbocycles. The van der Waals surface area contributed by atoms with Crippen molar-refractivity contribution in [2.45, 2.75) is 31.8 Å². The Kier molecular flexibility index (Phi) is 6.30. The first-order valence-corrected chi connectivity index (χ1v) is 9.60. The van der Waals surface area contributed by atoms with Crippen molar-refractivity contribution in [3.05, 3.63) is 42.2 Å². The molecule has 3 rings (SSSR count). The molecule has 1 saturated heterocycles. The van der Waals surface area contributed by atoms with Gasteiger partial charge in [0.1, 0.15) is 12.1 Å². The number of nitrogens with zero attached hydrogens (tertiary/aromatic N) is 3. The van der Waals surface area contributed by atoms with Crippen LogP contribution in [0.3, 0.4) is 0 Å². The number of nitrogens with one attached hydrogen (secondary N) is 3. The van der Waals surface area contributed by atoms with Crippen molar-refractivity contribution in [1.82, 2.24) is 20.4 Å². The molecule has 2 atom stereocenters. The van der Waals surface area contributed by atoms with Gasteiger partial charge < -0.3 is 20.9 Å². The number of likely N-dealkylation sites (N-methyl/N-ethyl adjacent to an activating group) is 1. The topological polar surface area (TPSA) is 91.3 Å². The summed E-state index contributed by atoms with van der Waals surface area (Å²) in [5, 5.41) is 12.7. The van der Waals surface area contributed by atoms with E-state index in [1.165, 1.54) is 12.8 Å². The van der Waals surface area contributed by atoms with Crippen molar-refractivity contribution in [1.29, 1.82) is 0 Å². The largest absolute Gasteiger partial charge is 0.371 e. The lowest BCUT2D eigenvalue weighted by Gasteiger charge is -2.20. The molecule has 1 fully saturated rings. The summed E-state index contributed by atoms with van der Waals surface area (Å²) in [6.07, 6.45) is 5.80. The molecule has 28 heavy (non-hydrogen) atoms. The molecule has 2 amide bonds. The molecule has 0 bridgehead atoms. The van der Waals surface area contributed by atoms with Crippen LogP contribution in [0.15, 0.2) is 36.7 Å². The first-order chi connectivity index (χ1) is 13.5. The van der Waals surface area contributed by atoms with Gasteiger partial charge in [-0.05, 0) is 45.0 Å². The van der Waals surface area contributed by atoms with Gasteiger partial charge in [-0.15, -0.1) is 0 Å². The van der Waals surface area contributed by atoms with Crippen LogP contribution in [0.1, 0.15) is 31.4 Å². The number of anilines is 2. The van der Waals surface area contributed by atoms with Crippen LogP contribution in [0.25, 0.3) is 0 Å². The van der Waals surface area contributed by atoms with Gasteiger partial charge in [0, 0.05) is 43.3 Å². The number of carbonyl (C=O) groups excluding carboxylic acids is 2. The van der Waals surface area contributed by atoms with Gasteiger partial charge in [0.15, 0.2) is 0 Å². The van der Waals surface area contributed by atoms with Crippen LogP contribution in [-0.4, -0.2) is 47.8 Å². The standard InChI is InChI=1S/C20H28N6O2/c1-14(23-20(28)18(21-2)15-12-22-25(3)13-15)19(27)24-16-7-6-8-17(11-16)26-9-4-5-10-26/h6-8,11-14,18,21H,4-5,9-10H2,1-3H3,(H,23,28)(H,24,27). The number of hydrogen-bond acceptors (Lipinski definition) is 5. The van der Waals surface area contributed by atoms with E-state index in [9.17, 15) is 9.59 Å². The van der Waals surface area contributed by atoms with Crippen molar-refractivity contribution < 1.29 is 9.59 Å². The van der Waals surface area contributed by atoms with Crippen molar-refractivity contribution in [2.24, 2.45) is 7.05 Å². The Balaban J connectivity index is 1.59. The summed E-state index contributed by atoms with van der Waals surface area (Å²) in [6, 6.07) is 6.59. The van der Waals surface area contributed by atoms with Gasteiger partial charge in [0.25, 0.3) is 0 Å². The normalized spacial score (nSPS) is 15.9. The van der Waals surface area contributed by atoms with E-state index < -0.39 is 12.1 Å². The van der Waals surface area contributed by atoms with Gasteiger partial charge in [-0.1, -0.05) is 6.07 Å². The summed E-state index contributed by atoms with van der Waals surface area (Å²) < 4.78 is 1.64. The molecule has 0 aliphatic carbocycles. The summed E-state index contributed by atoms with van der Waals surface area (Å²) in [5.74, 6) is -0.531. The fourth-order valence-electron chi connectivity index (χ4n) is 3.41. The van der Waals surface area contributed by atoms with Gasteiger partial charge in [0.2, 0.25) is 11.8 Å². The molecule has 150 valence electrons. The molecule has 2 unspecified atom stereocenters. The van der Waals surface area contributed by atoms with Crippen LogP contribution in [-0.2, 0) is 16.6 Å². The predicted molar refractivity (Wildman–Crippen MR) is 109 cm³/mol. The molecule has 0 spiro atoms. The lowest BCUT2D eigenvalue weighted by atomic mass is 10.1. The highest BCUT2D eigenvalue weighted by molar-refractivity contribution is 5.98. The zero-order valence-electron chi connectivity index (χ0n) is 16.6. The Morgan fingerprint density at radius 1 is 1.18 bits per heavy atom. The molecule has 8 nitrogen and oxygen atoms in total. The molecular formula is C20H28N6O2. The summed E-state index contributed by atoms with van der Waals surface area (Å²) >= 11 is 0. The van der Waals surface area contributed by atoms with Crippen LogP contribution < -0.4 is 20.9 Å². The van der Waals surface area contributed by atoms with Crippen LogP contribution in [0.2, 0.25) is 0 Å². The van der Waals surface area contributed by atoms with E-state index in [2.05, 4.69) is 32.0 Å². The van der Waals surface area contributed by atoms with Crippen molar-refractivity contribution in [3.8, 4) is 0 Å². The minimum Gasteiger partial charge on any atom is -0.371 e.